The second-order valence-corrected chi connectivity index (χ2v) is 6.48. The third-order valence-electron chi connectivity index (χ3n) is 3.15. The van der Waals surface area contributed by atoms with Crippen LogP contribution >= 0.6 is 11.6 Å². The first-order valence-corrected chi connectivity index (χ1v) is 7.47. The number of carbonyl (C=O) groups excluding carboxylic acids is 1. The van der Waals surface area contributed by atoms with Crippen molar-refractivity contribution in [2.45, 2.75) is 45.3 Å². The predicted octanol–water partition coefficient (Wildman–Crippen LogP) is 3.51. The van der Waals surface area contributed by atoms with Crippen molar-refractivity contribution in [2.75, 3.05) is 13.2 Å². The molecule has 2 rings (SSSR count). The van der Waals surface area contributed by atoms with Crippen LogP contribution in [0.1, 0.15) is 33.6 Å². The van der Waals surface area contributed by atoms with Gasteiger partial charge in [0.05, 0.1) is 12.2 Å². The molecule has 1 fully saturated rings. The van der Waals surface area contributed by atoms with Gasteiger partial charge in [0, 0.05) is 6.54 Å². The van der Waals surface area contributed by atoms with Crippen molar-refractivity contribution < 1.29 is 14.3 Å². The van der Waals surface area contributed by atoms with Gasteiger partial charge in [0.15, 0.2) is 0 Å². The number of halogens is 1. The Bertz CT molecular complexity index is 485. The van der Waals surface area contributed by atoms with E-state index < -0.39 is 5.60 Å². The number of aromatic nitrogens is 1. The van der Waals surface area contributed by atoms with E-state index in [2.05, 4.69) is 4.98 Å². The Hall–Kier alpha value is -1.49. The summed E-state index contributed by atoms with van der Waals surface area (Å²) >= 11 is 5.73. The summed E-state index contributed by atoms with van der Waals surface area (Å²) in [6.07, 6.45) is 3.18. The number of likely N-dealkylation sites (tertiary alicyclic amines) is 1. The first-order chi connectivity index (χ1) is 9.85. The normalized spacial score (nSPS) is 18.7. The molecule has 0 spiro atoms. The number of hydrogen-bond acceptors (Lipinski definition) is 4. The van der Waals surface area contributed by atoms with Gasteiger partial charge in [-0.2, -0.15) is 0 Å². The van der Waals surface area contributed by atoms with Crippen LogP contribution in [0.2, 0.25) is 5.15 Å². The van der Waals surface area contributed by atoms with E-state index in [0.29, 0.717) is 24.1 Å². The highest BCUT2D eigenvalue weighted by Crippen LogP contribution is 2.22. The van der Waals surface area contributed by atoms with Gasteiger partial charge in [0.2, 0.25) is 0 Å². The minimum atomic E-state index is -0.481. The predicted molar refractivity (Wildman–Crippen MR) is 80.7 cm³/mol. The van der Waals surface area contributed by atoms with Crippen molar-refractivity contribution >= 4 is 17.7 Å². The van der Waals surface area contributed by atoms with Crippen LogP contribution in [0.5, 0.6) is 5.75 Å². The highest BCUT2D eigenvalue weighted by Gasteiger charge is 2.32. The quantitative estimate of drug-likeness (QED) is 0.801. The minimum Gasteiger partial charge on any atom is -0.490 e. The van der Waals surface area contributed by atoms with E-state index in [1.54, 1.807) is 23.2 Å². The number of amides is 1. The van der Waals surface area contributed by atoms with Gasteiger partial charge in [-0.05, 0) is 45.7 Å². The lowest BCUT2D eigenvalue weighted by Crippen LogP contribution is -2.42. The maximum atomic E-state index is 12.1. The lowest BCUT2D eigenvalue weighted by Gasteiger charge is -2.28. The van der Waals surface area contributed by atoms with Crippen molar-refractivity contribution in [3.63, 3.8) is 0 Å². The molecule has 1 aromatic rings. The molecule has 0 saturated carbocycles. The molecule has 1 saturated heterocycles. The van der Waals surface area contributed by atoms with Crippen molar-refractivity contribution in [3.8, 4) is 5.75 Å². The van der Waals surface area contributed by atoms with Crippen LogP contribution in [0.4, 0.5) is 4.79 Å². The van der Waals surface area contributed by atoms with E-state index in [4.69, 9.17) is 21.1 Å². The fourth-order valence-corrected chi connectivity index (χ4v) is 2.32. The van der Waals surface area contributed by atoms with E-state index in [1.165, 1.54) is 0 Å². The summed E-state index contributed by atoms with van der Waals surface area (Å²) in [6.45, 7) is 6.74. The average molecular weight is 313 g/mol. The fraction of sp³-hybridized carbons (Fsp3) is 0.600. The zero-order valence-electron chi connectivity index (χ0n) is 12.6. The first-order valence-electron chi connectivity index (χ1n) is 7.09. The maximum absolute atomic E-state index is 12.1. The zero-order valence-corrected chi connectivity index (χ0v) is 13.4. The summed E-state index contributed by atoms with van der Waals surface area (Å²) in [6, 6.07) is 3.48. The summed E-state index contributed by atoms with van der Waals surface area (Å²) in [5.41, 5.74) is -0.481. The molecule has 0 N–H and O–H groups in total. The standard InChI is InChI=1S/C15H21ClN2O3/c1-15(2,3)21-14(19)18-8-4-5-11(18)10-20-12-6-7-13(16)17-9-12/h6-7,9,11H,4-5,8,10H2,1-3H3/t11-/m1/s1. The Labute approximate surface area is 130 Å². The molecule has 21 heavy (non-hydrogen) atoms. The number of rotatable bonds is 3. The Morgan fingerprint density at radius 2 is 2.24 bits per heavy atom. The van der Waals surface area contributed by atoms with E-state index in [0.717, 1.165) is 12.8 Å². The fourth-order valence-electron chi connectivity index (χ4n) is 2.21. The van der Waals surface area contributed by atoms with Crippen molar-refractivity contribution in [1.82, 2.24) is 9.88 Å². The Morgan fingerprint density at radius 3 is 2.86 bits per heavy atom. The highest BCUT2D eigenvalue weighted by molar-refractivity contribution is 6.29. The molecule has 1 amide bonds. The molecular formula is C15H21ClN2O3. The lowest BCUT2D eigenvalue weighted by molar-refractivity contribution is 0.0187. The van der Waals surface area contributed by atoms with Gasteiger partial charge < -0.3 is 14.4 Å². The van der Waals surface area contributed by atoms with Crippen LogP contribution in [0.15, 0.2) is 18.3 Å². The van der Waals surface area contributed by atoms with Crippen LogP contribution in [0, 0.1) is 0 Å². The molecule has 0 aromatic carbocycles. The molecular weight excluding hydrogens is 292 g/mol. The molecule has 2 heterocycles. The van der Waals surface area contributed by atoms with Crippen molar-refractivity contribution in [1.29, 1.82) is 0 Å². The summed E-state index contributed by atoms with van der Waals surface area (Å²) in [7, 11) is 0. The van der Waals surface area contributed by atoms with Crippen molar-refractivity contribution in [3.05, 3.63) is 23.5 Å². The monoisotopic (exact) mass is 312 g/mol. The Kier molecular flexibility index (Phi) is 4.93. The van der Waals surface area contributed by atoms with Crippen LogP contribution < -0.4 is 4.74 Å². The first kappa shape index (κ1) is 15.9. The van der Waals surface area contributed by atoms with Gasteiger partial charge in [-0.1, -0.05) is 11.6 Å². The van der Waals surface area contributed by atoms with Crippen LogP contribution in [-0.4, -0.2) is 40.8 Å². The summed E-state index contributed by atoms with van der Waals surface area (Å²) < 4.78 is 11.1. The second kappa shape index (κ2) is 6.52. The Balaban J connectivity index is 1.90. The maximum Gasteiger partial charge on any atom is 0.410 e. The average Bonchev–Trinajstić information content (AvgIpc) is 2.84. The molecule has 0 unspecified atom stereocenters. The van der Waals surface area contributed by atoms with E-state index >= 15 is 0 Å². The van der Waals surface area contributed by atoms with Crippen LogP contribution in [0.25, 0.3) is 0 Å². The smallest absolute Gasteiger partial charge is 0.410 e. The SMILES string of the molecule is CC(C)(C)OC(=O)N1CCC[C@@H]1COc1ccc(Cl)nc1. The van der Waals surface area contributed by atoms with E-state index in [-0.39, 0.29) is 12.1 Å². The molecule has 0 bridgehead atoms. The van der Waals surface area contributed by atoms with E-state index in [9.17, 15) is 4.79 Å². The largest absolute Gasteiger partial charge is 0.490 e. The van der Waals surface area contributed by atoms with Crippen molar-refractivity contribution in [2.24, 2.45) is 0 Å². The topological polar surface area (TPSA) is 51.7 Å². The van der Waals surface area contributed by atoms with Gasteiger partial charge >= 0.3 is 6.09 Å². The third kappa shape index (κ3) is 4.77. The van der Waals surface area contributed by atoms with Gasteiger partial charge in [0.1, 0.15) is 23.1 Å². The number of pyridine rings is 1. The van der Waals surface area contributed by atoms with Gasteiger partial charge in [0.25, 0.3) is 0 Å². The molecule has 1 atom stereocenters. The minimum absolute atomic E-state index is 0.0375. The molecule has 1 aromatic heterocycles. The second-order valence-electron chi connectivity index (χ2n) is 6.10. The van der Waals surface area contributed by atoms with Crippen LogP contribution in [-0.2, 0) is 4.74 Å². The highest BCUT2D eigenvalue weighted by atomic mass is 35.5. The molecule has 1 aliphatic heterocycles. The number of nitrogens with zero attached hydrogens (tertiary/aromatic N) is 2. The molecule has 0 aliphatic carbocycles. The van der Waals surface area contributed by atoms with Crippen LogP contribution in [0.3, 0.4) is 0 Å². The zero-order chi connectivity index (χ0) is 15.5. The number of carbonyl (C=O) groups is 1. The summed E-state index contributed by atoms with van der Waals surface area (Å²) in [4.78, 5) is 17.9. The molecule has 6 heteroatoms. The lowest BCUT2D eigenvalue weighted by atomic mass is 10.2. The molecule has 0 radical (unpaired) electrons. The molecule has 1 aliphatic rings. The summed E-state index contributed by atoms with van der Waals surface area (Å²) in [5.74, 6) is 0.649. The molecule has 116 valence electrons. The molecule has 5 nitrogen and oxygen atoms in total. The summed E-state index contributed by atoms with van der Waals surface area (Å²) in [5, 5.41) is 0.429. The van der Waals surface area contributed by atoms with E-state index in [1.807, 2.05) is 20.8 Å². The van der Waals surface area contributed by atoms with Gasteiger partial charge in [-0.15, -0.1) is 0 Å². The number of ether oxygens (including phenoxy) is 2. The van der Waals surface area contributed by atoms with Gasteiger partial charge in [-0.25, -0.2) is 9.78 Å². The number of hydrogen-bond donors (Lipinski definition) is 0. The Morgan fingerprint density at radius 1 is 1.48 bits per heavy atom. The van der Waals surface area contributed by atoms with Gasteiger partial charge in [-0.3, -0.25) is 0 Å². The third-order valence-corrected chi connectivity index (χ3v) is 3.37.